The Labute approximate surface area is 122 Å². The summed E-state index contributed by atoms with van der Waals surface area (Å²) in [6.07, 6.45) is 1.26. The first-order valence-corrected chi connectivity index (χ1v) is 7.35. The maximum Gasteiger partial charge on any atom is 0.266 e. The number of nitrogens with two attached hydrogens (primary N) is 1. The van der Waals surface area contributed by atoms with E-state index in [0.29, 0.717) is 5.56 Å². The van der Waals surface area contributed by atoms with E-state index in [-0.39, 0.29) is 23.0 Å². The van der Waals surface area contributed by atoms with Crippen molar-refractivity contribution in [3.8, 4) is 17.6 Å². The lowest BCUT2D eigenvalue weighted by molar-refractivity contribution is 0.402. The van der Waals surface area contributed by atoms with Gasteiger partial charge in [0.25, 0.3) is 10.0 Å². The van der Waals surface area contributed by atoms with E-state index in [1.807, 2.05) is 0 Å². The standard InChI is InChI=1S/C13H13N3O4S/c1-19-11-5-4-10(3-2-7-14)9-12(11)21(17,18)16-13-6-8-20-15-13/h4-6,8-9H,7,14H2,1H3,(H,15,16). The lowest BCUT2D eigenvalue weighted by atomic mass is 10.2. The fraction of sp³-hybridized carbons (Fsp3) is 0.154. The second kappa shape index (κ2) is 6.30. The van der Waals surface area contributed by atoms with Gasteiger partial charge in [0.2, 0.25) is 0 Å². The van der Waals surface area contributed by atoms with Gasteiger partial charge in [-0.2, -0.15) is 0 Å². The molecule has 0 bridgehead atoms. The van der Waals surface area contributed by atoms with Gasteiger partial charge in [0.1, 0.15) is 16.9 Å². The van der Waals surface area contributed by atoms with Crippen LogP contribution >= 0.6 is 0 Å². The van der Waals surface area contributed by atoms with Crippen LogP contribution in [0.25, 0.3) is 0 Å². The topological polar surface area (TPSA) is 107 Å². The summed E-state index contributed by atoms with van der Waals surface area (Å²) in [5, 5.41) is 3.50. The molecular weight excluding hydrogens is 294 g/mol. The van der Waals surface area contributed by atoms with Gasteiger partial charge < -0.3 is 15.0 Å². The number of hydrogen-bond donors (Lipinski definition) is 2. The molecule has 0 saturated carbocycles. The van der Waals surface area contributed by atoms with E-state index in [2.05, 4.69) is 26.2 Å². The Morgan fingerprint density at radius 1 is 1.43 bits per heavy atom. The minimum absolute atomic E-state index is 0.0446. The average molecular weight is 307 g/mol. The van der Waals surface area contributed by atoms with Gasteiger partial charge in [-0.3, -0.25) is 4.72 Å². The number of sulfonamides is 1. The number of rotatable bonds is 4. The Kier molecular flexibility index (Phi) is 4.47. The fourth-order valence-corrected chi connectivity index (χ4v) is 2.76. The van der Waals surface area contributed by atoms with Gasteiger partial charge in [-0.15, -0.1) is 0 Å². The van der Waals surface area contributed by atoms with E-state index in [4.69, 9.17) is 10.5 Å². The zero-order valence-corrected chi connectivity index (χ0v) is 12.0. The maximum absolute atomic E-state index is 12.4. The summed E-state index contributed by atoms with van der Waals surface area (Å²) in [5.74, 6) is 5.71. The van der Waals surface area contributed by atoms with Crippen LogP contribution in [0.3, 0.4) is 0 Å². The molecular formula is C13H13N3O4S. The molecule has 0 aliphatic rings. The molecule has 0 unspecified atom stereocenters. The molecule has 0 aliphatic heterocycles. The van der Waals surface area contributed by atoms with Crippen LogP contribution < -0.4 is 15.2 Å². The summed E-state index contributed by atoms with van der Waals surface area (Å²) in [7, 11) is -2.49. The fourth-order valence-electron chi connectivity index (χ4n) is 1.58. The Hall–Kier alpha value is -2.50. The molecule has 0 fully saturated rings. The normalized spacial score (nSPS) is 10.6. The van der Waals surface area contributed by atoms with Crippen molar-refractivity contribution in [3.05, 3.63) is 36.1 Å². The summed E-state index contributed by atoms with van der Waals surface area (Å²) < 4.78 is 36.7. The minimum atomic E-state index is -3.87. The third kappa shape index (κ3) is 3.53. The molecule has 0 amide bonds. The number of anilines is 1. The molecule has 110 valence electrons. The number of nitrogens with one attached hydrogen (secondary N) is 1. The Morgan fingerprint density at radius 3 is 2.86 bits per heavy atom. The predicted octanol–water partition coefficient (Wildman–Crippen LogP) is 0.794. The van der Waals surface area contributed by atoms with E-state index in [0.717, 1.165) is 0 Å². The first kappa shape index (κ1) is 14.9. The number of nitrogens with zero attached hydrogens (tertiary/aromatic N) is 1. The molecule has 2 rings (SSSR count). The van der Waals surface area contributed by atoms with Crippen LogP contribution in [0.5, 0.6) is 5.75 Å². The molecule has 0 saturated heterocycles. The van der Waals surface area contributed by atoms with Crippen molar-refractivity contribution in [2.45, 2.75) is 4.90 Å². The van der Waals surface area contributed by atoms with Crippen LogP contribution in [0.2, 0.25) is 0 Å². The highest BCUT2D eigenvalue weighted by Gasteiger charge is 2.21. The van der Waals surface area contributed by atoms with Crippen molar-refractivity contribution in [1.82, 2.24) is 5.16 Å². The van der Waals surface area contributed by atoms with E-state index < -0.39 is 10.0 Å². The van der Waals surface area contributed by atoms with Crippen LogP contribution in [0.4, 0.5) is 5.82 Å². The molecule has 0 aliphatic carbocycles. The minimum Gasteiger partial charge on any atom is -0.495 e. The second-order valence-corrected chi connectivity index (χ2v) is 5.51. The van der Waals surface area contributed by atoms with Gasteiger partial charge >= 0.3 is 0 Å². The maximum atomic E-state index is 12.4. The molecule has 0 radical (unpaired) electrons. The van der Waals surface area contributed by atoms with Gasteiger partial charge in [0, 0.05) is 11.6 Å². The van der Waals surface area contributed by atoms with Crippen LogP contribution in [-0.4, -0.2) is 27.2 Å². The van der Waals surface area contributed by atoms with E-state index in [1.165, 1.54) is 31.6 Å². The van der Waals surface area contributed by atoms with Crippen molar-refractivity contribution >= 4 is 15.8 Å². The summed E-state index contributed by atoms with van der Waals surface area (Å²) in [5.41, 5.74) is 5.81. The van der Waals surface area contributed by atoms with E-state index in [1.54, 1.807) is 6.07 Å². The molecule has 1 aromatic carbocycles. The molecule has 8 heteroatoms. The van der Waals surface area contributed by atoms with E-state index in [9.17, 15) is 8.42 Å². The van der Waals surface area contributed by atoms with Gasteiger partial charge in [-0.05, 0) is 18.2 Å². The van der Waals surface area contributed by atoms with Crippen molar-refractivity contribution < 1.29 is 17.7 Å². The van der Waals surface area contributed by atoms with Crippen LogP contribution in [0.1, 0.15) is 5.56 Å². The molecule has 1 aromatic heterocycles. The second-order valence-electron chi connectivity index (χ2n) is 3.86. The number of aromatic nitrogens is 1. The highest BCUT2D eigenvalue weighted by atomic mass is 32.2. The highest BCUT2D eigenvalue weighted by molar-refractivity contribution is 7.92. The Morgan fingerprint density at radius 2 is 2.24 bits per heavy atom. The summed E-state index contributed by atoms with van der Waals surface area (Å²) >= 11 is 0. The number of benzene rings is 1. The first-order valence-electron chi connectivity index (χ1n) is 5.87. The molecule has 7 nitrogen and oxygen atoms in total. The lowest BCUT2D eigenvalue weighted by Gasteiger charge is -2.10. The van der Waals surface area contributed by atoms with Crippen molar-refractivity contribution in [1.29, 1.82) is 0 Å². The summed E-state index contributed by atoms with van der Waals surface area (Å²) in [4.78, 5) is -0.0446. The van der Waals surface area contributed by atoms with Crippen LogP contribution in [-0.2, 0) is 10.0 Å². The summed E-state index contributed by atoms with van der Waals surface area (Å²) in [6.45, 7) is 0.186. The monoisotopic (exact) mass is 307 g/mol. The zero-order valence-electron chi connectivity index (χ0n) is 11.2. The Bertz CT molecular complexity index is 773. The zero-order chi connectivity index (χ0) is 15.3. The largest absolute Gasteiger partial charge is 0.495 e. The predicted molar refractivity (Wildman–Crippen MR) is 76.2 cm³/mol. The summed E-state index contributed by atoms with van der Waals surface area (Å²) in [6, 6.07) is 5.97. The first-order chi connectivity index (χ1) is 10.1. The van der Waals surface area contributed by atoms with Gasteiger partial charge in [0.15, 0.2) is 5.82 Å². The number of hydrogen-bond acceptors (Lipinski definition) is 6. The lowest BCUT2D eigenvalue weighted by Crippen LogP contribution is -2.14. The van der Waals surface area contributed by atoms with E-state index >= 15 is 0 Å². The third-order valence-corrected chi connectivity index (χ3v) is 3.84. The number of ether oxygens (including phenoxy) is 1. The van der Waals surface area contributed by atoms with Gasteiger partial charge in [0.05, 0.1) is 13.7 Å². The van der Waals surface area contributed by atoms with Gasteiger partial charge in [-0.25, -0.2) is 8.42 Å². The van der Waals surface area contributed by atoms with Crippen molar-refractivity contribution in [3.63, 3.8) is 0 Å². The highest BCUT2D eigenvalue weighted by Crippen LogP contribution is 2.26. The molecule has 0 atom stereocenters. The van der Waals surface area contributed by atoms with Crippen molar-refractivity contribution in [2.24, 2.45) is 5.73 Å². The molecule has 0 spiro atoms. The molecule has 3 N–H and O–H groups in total. The molecule has 1 heterocycles. The number of methoxy groups -OCH3 is 1. The van der Waals surface area contributed by atoms with Crippen molar-refractivity contribution in [2.75, 3.05) is 18.4 Å². The quantitative estimate of drug-likeness (QED) is 0.809. The SMILES string of the molecule is COc1ccc(C#CCN)cc1S(=O)(=O)Nc1ccon1. The van der Waals surface area contributed by atoms with Crippen LogP contribution in [0.15, 0.2) is 39.9 Å². The average Bonchev–Trinajstić information content (AvgIpc) is 2.97. The third-order valence-electron chi connectivity index (χ3n) is 2.46. The molecule has 21 heavy (non-hydrogen) atoms. The Balaban J connectivity index is 2.44. The molecule has 2 aromatic rings. The van der Waals surface area contributed by atoms with Gasteiger partial charge in [-0.1, -0.05) is 17.0 Å². The van der Waals surface area contributed by atoms with Crippen LogP contribution in [0, 0.1) is 11.8 Å². The smallest absolute Gasteiger partial charge is 0.266 e.